The van der Waals surface area contributed by atoms with E-state index in [1.165, 1.54) is 24.3 Å². The molecule has 2 aromatic rings. The molecule has 0 atom stereocenters. The molecule has 0 unspecified atom stereocenters. The van der Waals surface area contributed by atoms with Crippen LogP contribution in [0.25, 0.3) is 0 Å². The molecule has 0 radical (unpaired) electrons. The highest BCUT2D eigenvalue weighted by atomic mass is 16.6. The Morgan fingerprint density at radius 2 is 1.96 bits per heavy atom. The Labute approximate surface area is 132 Å². The van der Waals surface area contributed by atoms with Gasteiger partial charge in [-0.25, -0.2) is 4.98 Å². The van der Waals surface area contributed by atoms with Crippen LogP contribution >= 0.6 is 0 Å². The minimum Gasteiger partial charge on any atom is -0.471 e. The minimum absolute atomic E-state index is 0.0307. The van der Waals surface area contributed by atoms with Crippen molar-refractivity contribution in [3.05, 3.63) is 63.8 Å². The fraction of sp³-hybridized carbons (Fsp3) is 0.250. The van der Waals surface area contributed by atoms with Gasteiger partial charge >= 0.3 is 0 Å². The Morgan fingerprint density at radius 3 is 2.57 bits per heavy atom. The Balaban J connectivity index is 1.56. The lowest BCUT2D eigenvalue weighted by molar-refractivity contribution is -0.384. The molecule has 1 fully saturated rings. The lowest BCUT2D eigenvalue weighted by Gasteiger charge is -2.38. The van der Waals surface area contributed by atoms with Crippen molar-refractivity contribution in [2.45, 2.75) is 13.0 Å². The van der Waals surface area contributed by atoms with E-state index in [4.69, 9.17) is 4.74 Å². The number of hydrogen-bond donors (Lipinski definition) is 0. The number of likely N-dealkylation sites (tertiary alicyclic amines) is 1. The zero-order valence-electron chi connectivity index (χ0n) is 12.5. The van der Waals surface area contributed by atoms with Crippen molar-refractivity contribution in [2.24, 2.45) is 0 Å². The standard InChI is InChI=1S/C16H15N3O4/c1-11-3-2-4-15(17-11)23-14-9-18(10-14)16(20)12-5-7-13(8-6-12)19(21)22/h2-8,14H,9-10H2,1H3. The highest BCUT2D eigenvalue weighted by Gasteiger charge is 2.33. The molecule has 7 nitrogen and oxygen atoms in total. The molecule has 1 aromatic heterocycles. The molecule has 0 N–H and O–H groups in total. The Hall–Kier alpha value is -2.96. The van der Waals surface area contributed by atoms with Crippen molar-refractivity contribution in [1.29, 1.82) is 0 Å². The van der Waals surface area contributed by atoms with E-state index < -0.39 is 4.92 Å². The van der Waals surface area contributed by atoms with Gasteiger partial charge in [-0.1, -0.05) is 6.07 Å². The van der Waals surface area contributed by atoms with Crippen molar-refractivity contribution in [2.75, 3.05) is 13.1 Å². The summed E-state index contributed by atoms with van der Waals surface area (Å²) in [4.78, 5) is 28.3. The van der Waals surface area contributed by atoms with Crippen molar-refractivity contribution in [3.63, 3.8) is 0 Å². The summed E-state index contributed by atoms with van der Waals surface area (Å²) in [7, 11) is 0. The number of nitro benzene ring substituents is 1. The van der Waals surface area contributed by atoms with Crippen LogP contribution in [0.4, 0.5) is 5.69 Å². The average molecular weight is 313 g/mol. The molecule has 0 spiro atoms. The number of nitrogens with zero attached hydrogens (tertiary/aromatic N) is 3. The number of carbonyl (C=O) groups excluding carboxylic acids is 1. The van der Waals surface area contributed by atoms with Crippen LogP contribution in [-0.2, 0) is 0 Å². The molecule has 23 heavy (non-hydrogen) atoms. The van der Waals surface area contributed by atoms with Gasteiger partial charge in [0.2, 0.25) is 5.88 Å². The molecule has 0 saturated carbocycles. The largest absolute Gasteiger partial charge is 0.471 e. The summed E-state index contributed by atoms with van der Waals surface area (Å²) in [5, 5.41) is 10.6. The second-order valence-electron chi connectivity index (χ2n) is 5.37. The Morgan fingerprint density at radius 1 is 1.26 bits per heavy atom. The molecule has 3 rings (SSSR count). The molecule has 1 aliphatic rings. The van der Waals surface area contributed by atoms with E-state index in [-0.39, 0.29) is 17.7 Å². The summed E-state index contributed by atoms with van der Waals surface area (Å²) in [5.41, 5.74) is 1.28. The third-order valence-electron chi connectivity index (χ3n) is 3.61. The summed E-state index contributed by atoms with van der Waals surface area (Å²) < 4.78 is 5.70. The zero-order valence-corrected chi connectivity index (χ0v) is 12.5. The third kappa shape index (κ3) is 3.28. The fourth-order valence-corrected chi connectivity index (χ4v) is 2.34. The number of nitro groups is 1. The van der Waals surface area contributed by atoms with Gasteiger partial charge in [-0.15, -0.1) is 0 Å². The van der Waals surface area contributed by atoms with Gasteiger partial charge < -0.3 is 9.64 Å². The van der Waals surface area contributed by atoms with Gasteiger partial charge in [0, 0.05) is 29.5 Å². The summed E-state index contributed by atoms with van der Waals surface area (Å²) in [5.74, 6) is 0.398. The third-order valence-corrected chi connectivity index (χ3v) is 3.61. The number of rotatable bonds is 4. The predicted molar refractivity (Wildman–Crippen MR) is 82.4 cm³/mol. The van der Waals surface area contributed by atoms with Crippen LogP contribution in [0.15, 0.2) is 42.5 Å². The van der Waals surface area contributed by atoms with Gasteiger partial charge in [0.05, 0.1) is 18.0 Å². The fourth-order valence-electron chi connectivity index (χ4n) is 2.34. The van der Waals surface area contributed by atoms with Gasteiger partial charge in [-0.05, 0) is 25.1 Å². The maximum Gasteiger partial charge on any atom is 0.269 e. The van der Waals surface area contributed by atoms with E-state index in [2.05, 4.69) is 4.98 Å². The Bertz CT molecular complexity index is 739. The van der Waals surface area contributed by atoms with Gasteiger partial charge in [0.1, 0.15) is 6.10 Å². The van der Waals surface area contributed by atoms with Crippen molar-refractivity contribution >= 4 is 11.6 Å². The van der Waals surface area contributed by atoms with E-state index in [1.54, 1.807) is 11.0 Å². The molecule has 0 bridgehead atoms. The molecule has 7 heteroatoms. The van der Waals surface area contributed by atoms with Crippen molar-refractivity contribution in [3.8, 4) is 5.88 Å². The normalized spacial score (nSPS) is 14.2. The summed E-state index contributed by atoms with van der Waals surface area (Å²) in [6, 6.07) is 11.1. The van der Waals surface area contributed by atoms with Crippen molar-refractivity contribution < 1.29 is 14.5 Å². The first-order valence-electron chi connectivity index (χ1n) is 7.17. The van der Waals surface area contributed by atoms with Crippen LogP contribution in [0.3, 0.4) is 0 Å². The van der Waals surface area contributed by atoms with Gasteiger partial charge in [0.25, 0.3) is 11.6 Å². The quantitative estimate of drug-likeness (QED) is 0.638. The molecule has 1 saturated heterocycles. The van der Waals surface area contributed by atoms with E-state index >= 15 is 0 Å². The summed E-state index contributed by atoms with van der Waals surface area (Å²) in [6.45, 7) is 2.84. The van der Waals surface area contributed by atoms with Gasteiger partial charge in [-0.3, -0.25) is 14.9 Å². The number of non-ortho nitro benzene ring substituents is 1. The second kappa shape index (κ2) is 6.04. The van der Waals surface area contributed by atoms with E-state index in [0.717, 1.165) is 5.69 Å². The highest BCUT2D eigenvalue weighted by Crippen LogP contribution is 2.20. The minimum atomic E-state index is -0.489. The number of benzene rings is 1. The SMILES string of the molecule is Cc1cccc(OC2CN(C(=O)c3ccc([N+](=O)[O-])cc3)C2)n1. The molecule has 0 aliphatic carbocycles. The van der Waals surface area contributed by atoms with Gasteiger partial charge in [0.15, 0.2) is 0 Å². The molecule has 1 aromatic carbocycles. The number of ether oxygens (including phenoxy) is 1. The number of pyridine rings is 1. The lowest BCUT2D eigenvalue weighted by Crippen LogP contribution is -2.56. The van der Waals surface area contributed by atoms with E-state index in [9.17, 15) is 14.9 Å². The average Bonchev–Trinajstić information content (AvgIpc) is 2.50. The molecular formula is C16H15N3O4. The van der Waals surface area contributed by atoms with Gasteiger partial charge in [-0.2, -0.15) is 0 Å². The van der Waals surface area contributed by atoms with Crippen LogP contribution in [0.2, 0.25) is 0 Å². The molecule has 118 valence electrons. The first-order valence-corrected chi connectivity index (χ1v) is 7.17. The van der Waals surface area contributed by atoms with E-state index in [0.29, 0.717) is 24.5 Å². The summed E-state index contributed by atoms with van der Waals surface area (Å²) >= 11 is 0. The van der Waals surface area contributed by atoms with E-state index in [1.807, 2.05) is 19.1 Å². The number of aryl methyl sites for hydroxylation is 1. The lowest BCUT2D eigenvalue weighted by atomic mass is 10.1. The Kier molecular flexibility index (Phi) is 3.92. The number of hydrogen-bond acceptors (Lipinski definition) is 5. The first-order chi connectivity index (χ1) is 11.0. The maximum absolute atomic E-state index is 12.2. The number of carbonyl (C=O) groups is 1. The molecular weight excluding hydrogens is 298 g/mol. The topological polar surface area (TPSA) is 85.6 Å². The maximum atomic E-state index is 12.2. The highest BCUT2D eigenvalue weighted by molar-refractivity contribution is 5.95. The zero-order chi connectivity index (χ0) is 16.4. The van der Waals surface area contributed by atoms with Crippen LogP contribution < -0.4 is 4.74 Å². The molecule has 2 heterocycles. The summed E-state index contributed by atoms with van der Waals surface area (Å²) in [6.07, 6.45) is -0.0775. The monoisotopic (exact) mass is 313 g/mol. The van der Waals surface area contributed by atoms with Crippen LogP contribution in [0.1, 0.15) is 16.1 Å². The predicted octanol–water partition coefficient (Wildman–Crippen LogP) is 2.20. The van der Waals surface area contributed by atoms with Crippen LogP contribution in [0.5, 0.6) is 5.88 Å². The molecule has 1 aliphatic heterocycles. The van der Waals surface area contributed by atoms with Crippen molar-refractivity contribution in [1.82, 2.24) is 9.88 Å². The number of aromatic nitrogens is 1. The smallest absolute Gasteiger partial charge is 0.269 e. The van der Waals surface area contributed by atoms with Crippen LogP contribution in [-0.4, -0.2) is 39.9 Å². The number of amides is 1. The second-order valence-corrected chi connectivity index (χ2v) is 5.37. The van der Waals surface area contributed by atoms with Crippen LogP contribution in [0, 0.1) is 17.0 Å². The first kappa shape index (κ1) is 15.0. The molecule has 1 amide bonds.